The monoisotopic (exact) mass is 379 g/mol. The Morgan fingerprint density at radius 3 is 2.64 bits per heavy atom. The van der Waals surface area contributed by atoms with Crippen molar-refractivity contribution in [1.82, 2.24) is 5.32 Å². The fourth-order valence-electron chi connectivity index (χ4n) is 1.05. The number of nitrogens with two attached hydrogens (primary N) is 1. The van der Waals surface area contributed by atoms with E-state index in [0.717, 1.165) is 13.1 Å². The Hall–Kier alpha value is 1.19. The molecule has 0 aromatic heterocycles. The Bertz CT molecular complexity index is 77.0. The fraction of sp³-hybridized carbons (Fsp3) is 1.00. The van der Waals surface area contributed by atoms with Crippen molar-refractivity contribution in [2.24, 2.45) is 5.73 Å². The van der Waals surface area contributed by atoms with E-state index in [-0.39, 0.29) is 0 Å². The number of rotatable bonds is 0. The van der Waals surface area contributed by atoms with Crippen LogP contribution >= 0.6 is 18.8 Å². The number of hydrogen-bond donors (Lipinski definition) is 2. The maximum atomic E-state index is 5.67. The van der Waals surface area contributed by atoms with Gasteiger partial charge in [-0.1, -0.05) is 6.42 Å². The molecule has 72 valence electrons. The molecule has 0 saturated carbocycles. The Morgan fingerprint density at radius 2 is 2.00 bits per heavy atom. The summed E-state index contributed by atoms with van der Waals surface area (Å²) < 4.78 is 0. The van der Waals surface area contributed by atoms with Crippen LogP contribution in [0.3, 0.4) is 0 Å². The van der Waals surface area contributed by atoms with Crippen LogP contribution in [0.15, 0.2) is 0 Å². The molecular formula is C6H14Cl2N2Pt. The molecule has 1 fully saturated rings. The van der Waals surface area contributed by atoms with Crippen LogP contribution < -0.4 is 11.1 Å². The van der Waals surface area contributed by atoms with Crippen molar-refractivity contribution in [2.45, 2.75) is 25.3 Å². The molecule has 0 aromatic carbocycles. The zero-order valence-electron chi connectivity index (χ0n) is 6.26. The zero-order chi connectivity index (χ0) is 8.53. The molecule has 0 amide bonds. The van der Waals surface area contributed by atoms with Gasteiger partial charge in [0, 0.05) is 12.6 Å². The quantitative estimate of drug-likeness (QED) is 0.668. The summed E-state index contributed by atoms with van der Waals surface area (Å²) >= 11 is -0.472. The van der Waals surface area contributed by atoms with Gasteiger partial charge in [0.05, 0.1) is 0 Å². The minimum absolute atomic E-state index is 0.414. The predicted octanol–water partition coefficient (Wildman–Crippen LogP) is 1.46. The summed E-state index contributed by atoms with van der Waals surface area (Å²) in [5.41, 5.74) is 5.67. The van der Waals surface area contributed by atoms with Gasteiger partial charge in [-0.3, -0.25) is 0 Å². The number of halogens is 2. The van der Waals surface area contributed by atoms with Gasteiger partial charge in [0.25, 0.3) is 0 Å². The minimum atomic E-state index is -0.472. The SMILES string of the molecule is NC1CCCCNC1.[Cl][Pt][Cl]. The first-order valence-corrected chi connectivity index (χ1v) is 9.23. The van der Waals surface area contributed by atoms with Gasteiger partial charge in [-0.15, -0.1) is 0 Å². The molecule has 0 aromatic rings. The van der Waals surface area contributed by atoms with Crippen LogP contribution in [0, 0.1) is 0 Å². The van der Waals surface area contributed by atoms with Crippen LogP contribution in [0.5, 0.6) is 0 Å². The van der Waals surface area contributed by atoms with Crippen molar-refractivity contribution in [3.05, 3.63) is 0 Å². The van der Waals surface area contributed by atoms with Crippen LogP contribution in [0.1, 0.15) is 19.3 Å². The van der Waals surface area contributed by atoms with E-state index >= 15 is 0 Å². The first-order chi connectivity index (χ1) is 5.31. The fourth-order valence-corrected chi connectivity index (χ4v) is 1.05. The maximum absolute atomic E-state index is 5.67. The Morgan fingerprint density at radius 1 is 1.36 bits per heavy atom. The van der Waals surface area contributed by atoms with E-state index in [9.17, 15) is 0 Å². The van der Waals surface area contributed by atoms with E-state index in [4.69, 9.17) is 24.6 Å². The summed E-state index contributed by atoms with van der Waals surface area (Å²) in [6.45, 7) is 2.17. The van der Waals surface area contributed by atoms with E-state index in [1.165, 1.54) is 19.3 Å². The number of hydrogen-bond acceptors (Lipinski definition) is 2. The predicted molar refractivity (Wildman–Crippen MR) is 46.4 cm³/mol. The van der Waals surface area contributed by atoms with Gasteiger partial charge in [-0.2, -0.15) is 0 Å². The van der Waals surface area contributed by atoms with Gasteiger partial charge in [0.15, 0.2) is 0 Å². The average Bonchev–Trinajstić information content (AvgIpc) is 2.18. The second-order valence-electron chi connectivity index (χ2n) is 2.51. The molecule has 1 saturated heterocycles. The Kier molecular flexibility index (Phi) is 10.3. The third kappa shape index (κ3) is 9.10. The molecule has 0 aliphatic carbocycles. The first kappa shape index (κ1) is 12.2. The summed E-state index contributed by atoms with van der Waals surface area (Å²) in [5.74, 6) is 0. The molecule has 11 heavy (non-hydrogen) atoms. The third-order valence-corrected chi connectivity index (χ3v) is 1.58. The molecule has 2 nitrogen and oxygen atoms in total. The molecule has 0 spiro atoms. The topological polar surface area (TPSA) is 38.0 Å². The normalized spacial score (nSPS) is 25.2. The molecule has 3 N–H and O–H groups in total. The summed E-state index contributed by atoms with van der Waals surface area (Å²) in [7, 11) is 9.75. The standard InChI is InChI=1S/C6H14N2.2ClH.Pt/c7-6-3-1-2-4-8-5-6;;;/h6,8H,1-5,7H2;2*1H;/q;;;+2/p-2. The Labute approximate surface area is 84.6 Å². The van der Waals surface area contributed by atoms with E-state index in [0.29, 0.717) is 6.04 Å². The molecule has 0 radical (unpaired) electrons. The van der Waals surface area contributed by atoms with Crippen molar-refractivity contribution in [3.63, 3.8) is 0 Å². The molecule has 1 rings (SSSR count). The summed E-state index contributed by atoms with van der Waals surface area (Å²) in [6, 6.07) is 0.414. The van der Waals surface area contributed by atoms with Crippen molar-refractivity contribution in [2.75, 3.05) is 13.1 Å². The molecular weight excluding hydrogens is 366 g/mol. The van der Waals surface area contributed by atoms with E-state index in [1.807, 2.05) is 0 Å². The summed E-state index contributed by atoms with van der Waals surface area (Å²) in [5, 5.41) is 3.27. The molecule has 5 heteroatoms. The summed E-state index contributed by atoms with van der Waals surface area (Å²) in [6.07, 6.45) is 3.80. The van der Waals surface area contributed by atoms with Crippen LogP contribution in [0.4, 0.5) is 0 Å². The van der Waals surface area contributed by atoms with Gasteiger partial charge in [0.2, 0.25) is 0 Å². The van der Waals surface area contributed by atoms with Crippen molar-refractivity contribution in [3.8, 4) is 0 Å². The molecule has 1 atom stereocenters. The van der Waals surface area contributed by atoms with Gasteiger partial charge < -0.3 is 11.1 Å². The van der Waals surface area contributed by atoms with Gasteiger partial charge in [0.1, 0.15) is 0 Å². The molecule has 1 aliphatic rings. The van der Waals surface area contributed by atoms with Crippen LogP contribution in [-0.4, -0.2) is 19.1 Å². The van der Waals surface area contributed by atoms with E-state index < -0.39 is 16.5 Å². The second kappa shape index (κ2) is 9.28. The average molecular weight is 380 g/mol. The number of nitrogens with one attached hydrogen (secondary N) is 1. The van der Waals surface area contributed by atoms with Crippen molar-refractivity contribution < 1.29 is 16.5 Å². The summed E-state index contributed by atoms with van der Waals surface area (Å²) in [4.78, 5) is 0. The van der Waals surface area contributed by atoms with Crippen LogP contribution in [-0.2, 0) is 16.5 Å². The molecule has 1 heterocycles. The van der Waals surface area contributed by atoms with E-state index in [1.54, 1.807) is 0 Å². The first-order valence-electron chi connectivity index (χ1n) is 3.60. The Balaban J connectivity index is 0.000000292. The van der Waals surface area contributed by atoms with Gasteiger partial charge in [-0.25, -0.2) is 0 Å². The van der Waals surface area contributed by atoms with Crippen molar-refractivity contribution in [1.29, 1.82) is 0 Å². The molecule has 1 aliphatic heterocycles. The van der Waals surface area contributed by atoms with Crippen LogP contribution in [0.25, 0.3) is 0 Å². The third-order valence-electron chi connectivity index (χ3n) is 1.58. The van der Waals surface area contributed by atoms with Gasteiger partial charge in [-0.05, 0) is 19.4 Å². The molecule has 1 unspecified atom stereocenters. The zero-order valence-corrected chi connectivity index (χ0v) is 10.0. The van der Waals surface area contributed by atoms with Crippen molar-refractivity contribution >= 4 is 18.8 Å². The van der Waals surface area contributed by atoms with Gasteiger partial charge >= 0.3 is 35.3 Å². The molecule has 0 bridgehead atoms. The second-order valence-corrected chi connectivity index (χ2v) is 5.79. The van der Waals surface area contributed by atoms with Crippen LogP contribution in [0.2, 0.25) is 0 Å². The van der Waals surface area contributed by atoms with E-state index in [2.05, 4.69) is 5.32 Å².